The Morgan fingerprint density at radius 3 is 2.56 bits per heavy atom. The first-order chi connectivity index (χ1) is 7.58. The van der Waals surface area contributed by atoms with E-state index in [0.29, 0.717) is 0 Å². The lowest BCUT2D eigenvalue weighted by Crippen LogP contribution is -2.06. The van der Waals surface area contributed by atoms with Gasteiger partial charge in [0.2, 0.25) is 0 Å². The van der Waals surface area contributed by atoms with Crippen molar-refractivity contribution in [3.63, 3.8) is 0 Å². The number of nitrogens with zero attached hydrogens (tertiary/aromatic N) is 2. The van der Waals surface area contributed by atoms with Crippen molar-refractivity contribution in [1.82, 2.24) is 9.78 Å². The normalized spacial score (nSPS) is 12.8. The molecule has 1 N–H and O–H groups in total. The van der Waals surface area contributed by atoms with Gasteiger partial charge in [-0.3, -0.25) is 4.68 Å². The minimum Gasteiger partial charge on any atom is -0.382 e. The summed E-state index contributed by atoms with van der Waals surface area (Å²) in [6.07, 6.45) is -0.605. The minimum absolute atomic E-state index is 0.605. The van der Waals surface area contributed by atoms with Gasteiger partial charge in [-0.25, -0.2) is 0 Å². The number of hydrogen-bond donors (Lipinski definition) is 1. The molecule has 2 rings (SSSR count). The lowest BCUT2D eigenvalue weighted by Gasteiger charge is -2.11. The molecule has 1 heterocycles. The van der Waals surface area contributed by atoms with E-state index in [0.717, 1.165) is 22.5 Å². The van der Waals surface area contributed by atoms with Crippen molar-refractivity contribution in [1.29, 1.82) is 0 Å². The lowest BCUT2D eigenvalue weighted by molar-refractivity contribution is 0.209. The van der Waals surface area contributed by atoms with E-state index in [1.807, 2.05) is 51.2 Å². The summed E-state index contributed by atoms with van der Waals surface area (Å²) in [6, 6.07) is 9.81. The van der Waals surface area contributed by atoms with Gasteiger partial charge in [-0.15, -0.1) is 0 Å². The quantitative estimate of drug-likeness (QED) is 0.835. The van der Waals surface area contributed by atoms with Crippen molar-refractivity contribution in [3.05, 3.63) is 52.8 Å². The van der Waals surface area contributed by atoms with Crippen LogP contribution in [0.15, 0.2) is 30.3 Å². The molecule has 3 heteroatoms. The number of aliphatic hydroxyl groups excluding tert-OH is 1. The number of aliphatic hydroxyl groups is 1. The van der Waals surface area contributed by atoms with Gasteiger partial charge in [0.25, 0.3) is 0 Å². The second-order valence-corrected chi connectivity index (χ2v) is 4.15. The van der Waals surface area contributed by atoms with Crippen LogP contribution in [0.3, 0.4) is 0 Å². The van der Waals surface area contributed by atoms with Crippen LogP contribution < -0.4 is 0 Å². The van der Waals surface area contributed by atoms with Crippen LogP contribution in [-0.4, -0.2) is 14.9 Å². The molecule has 1 aromatic carbocycles. The fraction of sp³-hybridized carbons (Fsp3) is 0.308. The highest BCUT2D eigenvalue weighted by molar-refractivity contribution is 5.30. The zero-order chi connectivity index (χ0) is 11.7. The maximum Gasteiger partial charge on any atom is 0.121 e. The molecule has 0 bridgehead atoms. The van der Waals surface area contributed by atoms with Gasteiger partial charge in [-0.05, 0) is 25.5 Å². The van der Waals surface area contributed by atoms with Gasteiger partial charge < -0.3 is 5.11 Å². The summed E-state index contributed by atoms with van der Waals surface area (Å²) in [7, 11) is 1.85. The maximum atomic E-state index is 10.2. The second-order valence-electron chi connectivity index (χ2n) is 4.15. The van der Waals surface area contributed by atoms with Crippen molar-refractivity contribution >= 4 is 0 Å². The summed E-state index contributed by atoms with van der Waals surface area (Å²) in [6.45, 7) is 3.94. The summed E-state index contributed by atoms with van der Waals surface area (Å²) in [5, 5.41) is 14.5. The Morgan fingerprint density at radius 1 is 1.25 bits per heavy atom. The van der Waals surface area contributed by atoms with E-state index in [1.54, 1.807) is 4.68 Å². The maximum absolute atomic E-state index is 10.2. The van der Waals surface area contributed by atoms with Crippen molar-refractivity contribution in [2.45, 2.75) is 20.0 Å². The van der Waals surface area contributed by atoms with Crippen LogP contribution in [0.1, 0.15) is 28.6 Å². The van der Waals surface area contributed by atoms with Gasteiger partial charge in [-0.1, -0.05) is 29.8 Å². The zero-order valence-corrected chi connectivity index (χ0v) is 9.81. The number of rotatable bonds is 2. The molecular weight excluding hydrogens is 200 g/mol. The van der Waals surface area contributed by atoms with E-state index in [9.17, 15) is 5.11 Å². The zero-order valence-electron chi connectivity index (χ0n) is 9.81. The molecule has 1 unspecified atom stereocenters. The summed E-state index contributed by atoms with van der Waals surface area (Å²) in [5.74, 6) is 0. The molecule has 0 amide bonds. The highest BCUT2D eigenvalue weighted by Gasteiger charge is 2.14. The van der Waals surface area contributed by atoms with Crippen LogP contribution in [-0.2, 0) is 7.05 Å². The van der Waals surface area contributed by atoms with Crippen LogP contribution in [0.2, 0.25) is 0 Å². The molecule has 0 fully saturated rings. The highest BCUT2D eigenvalue weighted by atomic mass is 16.3. The van der Waals surface area contributed by atoms with Gasteiger partial charge in [0, 0.05) is 7.05 Å². The van der Waals surface area contributed by atoms with Crippen molar-refractivity contribution in [2.24, 2.45) is 7.05 Å². The van der Waals surface area contributed by atoms with Crippen LogP contribution in [0.4, 0.5) is 0 Å². The number of hydrogen-bond acceptors (Lipinski definition) is 2. The first kappa shape index (κ1) is 10.9. The van der Waals surface area contributed by atoms with Crippen LogP contribution in [0.25, 0.3) is 0 Å². The number of benzene rings is 1. The van der Waals surface area contributed by atoms with E-state index in [-0.39, 0.29) is 0 Å². The van der Waals surface area contributed by atoms with Crippen molar-refractivity contribution < 1.29 is 5.11 Å². The molecule has 1 aromatic heterocycles. The van der Waals surface area contributed by atoms with Gasteiger partial charge in [0.1, 0.15) is 6.10 Å². The summed E-state index contributed by atoms with van der Waals surface area (Å²) in [4.78, 5) is 0. The summed E-state index contributed by atoms with van der Waals surface area (Å²) in [5.41, 5.74) is 3.80. The van der Waals surface area contributed by atoms with E-state index >= 15 is 0 Å². The Labute approximate surface area is 95.3 Å². The van der Waals surface area contributed by atoms with Gasteiger partial charge in [-0.2, -0.15) is 5.10 Å². The minimum atomic E-state index is -0.605. The molecule has 3 nitrogen and oxygen atoms in total. The van der Waals surface area contributed by atoms with Gasteiger partial charge in [0.05, 0.1) is 11.4 Å². The molecule has 84 valence electrons. The standard InChI is InChI=1S/C13H16N2O/c1-9-5-4-6-11(7-9)13(16)12-8-10(2)14-15(12)3/h4-8,13,16H,1-3H3. The molecule has 0 aliphatic carbocycles. The Kier molecular flexibility index (Phi) is 2.79. The average Bonchev–Trinajstić information content (AvgIpc) is 2.57. The monoisotopic (exact) mass is 216 g/mol. The van der Waals surface area contributed by atoms with Crippen LogP contribution in [0, 0.1) is 13.8 Å². The van der Waals surface area contributed by atoms with E-state index in [1.165, 1.54) is 0 Å². The smallest absolute Gasteiger partial charge is 0.121 e. The van der Waals surface area contributed by atoms with Crippen LogP contribution in [0.5, 0.6) is 0 Å². The molecular formula is C13H16N2O. The molecule has 0 radical (unpaired) electrons. The number of aromatic nitrogens is 2. The third kappa shape index (κ3) is 1.99. The fourth-order valence-corrected chi connectivity index (χ4v) is 1.90. The fourth-order valence-electron chi connectivity index (χ4n) is 1.90. The van der Waals surface area contributed by atoms with E-state index in [4.69, 9.17) is 0 Å². The topological polar surface area (TPSA) is 38.1 Å². The second kappa shape index (κ2) is 4.10. The SMILES string of the molecule is Cc1cccc(C(O)c2cc(C)nn2C)c1. The highest BCUT2D eigenvalue weighted by Crippen LogP contribution is 2.22. The summed E-state index contributed by atoms with van der Waals surface area (Å²) >= 11 is 0. The first-order valence-electron chi connectivity index (χ1n) is 5.33. The molecule has 0 aliphatic heterocycles. The number of aryl methyl sites for hydroxylation is 3. The van der Waals surface area contributed by atoms with Gasteiger partial charge >= 0.3 is 0 Å². The predicted molar refractivity (Wildman–Crippen MR) is 63.2 cm³/mol. The molecule has 16 heavy (non-hydrogen) atoms. The van der Waals surface area contributed by atoms with Gasteiger partial charge in [0.15, 0.2) is 0 Å². The molecule has 0 spiro atoms. The third-order valence-electron chi connectivity index (χ3n) is 2.68. The van der Waals surface area contributed by atoms with Crippen LogP contribution >= 0.6 is 0 Å². The summed E-state index contributed by atoms with van der Waals surface area (Å²) < 4.78 is 1.72. The third-order valence-corrected chi connectivity index (χ3v) is 2.68. The van der Waals surface area contributed by atoms with Crippen molar-refractivity contribution in [3.8, 4) is 0 Å². The molecule has 0 saturated carbocycles. The predicted octanol–water partition coefficient (Wildman–Crippen LogP) is 2.12. The Bertz CT molecular complexity index is 502. The Balaban J connectivity index is 2.38. The molecule has 0 saturated heterocycles. The average molecular weight is 216 g/mol. The molecule has 2 aromatic rings. The largest absolute Gasteiger partial charge is 0.382 e. The van der Waals surface area contributed by atoms with Crippen molar-refractivity contribution in [2.75, 3.05) is 0 Å². The van der Waals surface area contributed by atoms with E-state index < -0.39 is 6.10 Å². The first-order valence-corrected chi connectivity index (χ1v) is 5.33. The lowest BCUT2D eigenvalue weighted by atomic mass is 10.0. The van der Waals surface area contributed by atoms with E-state index in [2.05, 4.69) is 5.10 Å². The molecule has 0 aliphatic rings. The molecule has 1 atom stereocenters. The Morgan fingerprint density at radius 2 is 2.00 bits per heavy atom. The Hall–Kier alpha value is -1.61.